The number of H-pyrrole nitrogens is 1. The van der Waals surface area contributed by atoms with Crippen molar-refractivity contribution in [1.82, 2.24) is 10.3 Å². The van der Waals surface area contributed by atoms with Crippen molar-refractivity contribution in [2.45, 2.75) is 31.8 Å². The molecule has 1 fully saturated rings. The van der Waals surface area contributed by atoms with Gasteiger partial charge in [-0.05, 0) is 38.5 Å². The van der Waals surface area contributed by atoms with Gasteiger partial charge in [0.1, 0.15) is 0 Å². The lowest BCUT2D eigenvalue weighted by Crippen LogP contribution is -2.33. The van der Waals surface area contributed by atoms with Gasteiger partial charge in [0.15, 0.2) is 5.58 Å². The third kappa shape index (κ3) is 2.26. The molecule has 0 aliphatic carbocycles. The molecule has 0 radical (unpaired) electrons. The van der Waals surface area contributed by atoms with Gasteiger partial charge >= 0.3 is 5.76 Å². The van der Waals surface area contributed by atoms with Crippen LogP contribution in [0.25, 0.3) is 11.1 Å². The van der Waals surface area contributed by atoms with Gasteiger partial charge in [-0.15, -0.1) is 0 Å². The van der Waals surface area contributed by atoms with Crippen LogP contribution in [0.5, 0.6) is 0 Å². The molecule has 102 valence electrons. The maximum Gasteiger partial charge on any atom is 0.417 e. The summed E-state index contributed by atoms with van der Waals surface area (Å²) in [6.07, 6.45) is 1.10. The highest BCUT2D eigenvalue weighted by atomic mass is 16.4. The molecule has 1 aliphatic rings. The lowest BCUT2D eigenvalue weighted by Gasteiger charge is -2.27. The fourth-order valence-electron chi connectivity index (χ4n) is 2.77. The second kappa shape index (κ2) is 4.13. The largest absolute Gasteiger partial charge is 0.417 e. The molecule has 1 aromatic heterocycles. The van der Waals surface area contributed by atoms with Crippen LogP contribution in [0.1, 0.15) is 20.3 Å². The van der Waals surface area contributed by atoms with E-state index in [-0.39, 0.29) is 5.54 Å². The van der Waals surface area contributed by atoms with E-state index in [1.165, 1.54) is 0 Å². The average molecular weight is 261 g/mol. The molecule has 0 saturated carbocycles. The van der Waals surface area contributed by atoms with Crippen LogP contribution in [0.2, 0.25) is 0 Å². The van der Waals surface area contributed by atoms with Crippen LogP contribution >= 0.6 is 0 Å². The first-order chi connectivity index (χ1) is 8.94. The van der Waals surface area contributed by atoms with E-state index < -0.39 is 5.76 Å². The van der Waals surface area contributed by atoms with Crippen molar-refractivity contribution in [3.05, 3.63) is 28.7 Å². The molecule has 1 aliphatic heterocycles. The molecule has 19 heavy (non-hydrogen) atoms. The molecule has 0 amide bonds. The molecular formula is C14H19N3O2. The number of fused-ring (bicyclic) bond motifs is 1. The lowest BCUT2D eigenvalue weighted by molar-refractivity contribution is 0.454. The summed E-state index contributed by atoms with van der Waals surface area (Å²) in [5.41, 5.74) is 2.63. The average Bonchev–Trinajstić information content (AvgIpc) is 2.88. The van der Waals surface area contributed by atoms with Crippen molar-refractivity contribution in [3.8, 4) is 0 Å². The zero-order valence-corrected chi connectivity index (χ0v) is 11.5. The maximum absolute atomic E-state index is 11.2. The highest BCUT2D eigenvalue weighted by Gasteiger charge is 2.32. The first-order valence-corrected chi connectivity index (χ1v) is 6.55. The molecule has 0 spiro atoms. The van der Waals surface area contributed by atoms with Gasteiger partial charge in [-0.3, -0.25) is 4.98 Å². The molecule has 1 saturated heterocycles. The predicted octanol–water partition coefficient (Wildman–Crippen LogP) is 1.70. The van der Waals surface area contributed by atoms with Gasteiger partial charge in [0, 0.05) is 30.9 Å². The van der Waals surface area contributed by atoms with E-state index in [2.05, 4.69) is 36.1 Å². The Kier molecular flexibility index (Phi) is 2.67. The first-order valence-electron chi connectivity index (χ1n) is 6.55. The van der Waals surface area contributed by atoms with Gasteiger partial charge < -0.3 is 14.6 Å². The Morgan fingerprint density at radius 2 is 2.21 bits per heavy atom. The Morgan fingerprint density at radius 3 is 2.89 bits per heavy atom. The van der Waals surface area contributed by atoms with Crippen LogP contribution in [-0.4, -0.2) is 30.2 Å². The van der Waals surface area contributed by atoms with Crippen molar-refractivity contribution in [2.75, 3.05) is 18.5 Å². The van der Waals surface area contributed by atoms with Crippen LogP contribution < -0.4 is 16.0 Å². The number of nitrogens with one attached hydrogen (secondary N) is 2. The minimum absolute atomic E-state index is 0.187. The summed E-state index contributed by atoms with van der Waals surface area (Å²) in [6, 6.07) is 6.26. The van der Waals surface area contributed by atoms with E-state index in [0.717, 1.165) is 24.2 Å². The SMILES string of the molecule is CN(c1ccc2oc(=O)[nH]c2c1)C1CNC(C)(C)C1. The van der Waals surface area contributed by atoms with Gasteiger partial charge in [-0.25, -0.2) is 4.79 Å². The molecule has 2 N–H and O–H groups in total. The third-order valence-electron chi connectivity index (χ3n) is 3.92. The van der Waals surface area contributed by atoms with Gasteiger partial charge in [0.25, 0.3) is 0 Å². The summed E-state index contributed by atoms with van der Waals surface area (Å²) in [5.74, 6) is -0.404. The summed E-state index contributed by atoms with van der Waals surface area (Å²) in [5, 5.41) is 3.52. The number of hydrogen-bond donors (Lipinski definition) is 2. The van der Waals surface area contributed by atoms with Gasteiger partial charge in [-0.2, -0.15) is 0 Å². The smallest absolute Gasteiger partial charge is 0.408 e. The maximum atomic E-state index is 11.2. The summed E-state index contributed by atoms with van der Waals surface area (Å²) >= 11 is 0. The van der Waals surface area contributed by atoms with Gasteiger partial charge in [-0.1, -0.05) is 0 Å². The number of aromatic amines is 1. The van der Waals surface area contributed by atoms with Crippen molar-refractivity contribution in [2.24, 2.45) is 0 Å². The number of anilines is 1. The minimum Gasteiger partial charge on any atom is -0.408 e. The number of rotatable bonds is 2. The van der Waals surface area contributed by atoms with E-state index in [9.17, 15) is 4.79 Å². The lowest BCUT2D eigenvalue weighted by atomic mass is 10.0. The fraction of sp³-hybridized carbons (Fsp3) is 0.500. The Balaban J connectivity index is 1.89. The zero-order valence-electron chi connectivity index (χ0n) is 11.5. The molecule has 3 rings (SSSR count). The highest BCUT2D eigenvalue weighted by molar-refractivity contribution is 5.77. The number of benzene rings is 1. The predicted molar refractivity (Wildman–Crippen MR) is 75.7 cm³/mol. The van der Waals surface area contributed by atoms with Crippen molar-refractivity contribution < 1.29 is 4.42 Å². The Morgan fingerprint density at radius 1 is 1.42 bits per heavy atom. The summed E-state index contributed by atoms with van der Waals surface area (Å²) < 4.78 is 5.02. The minimum atomic E-state index is -0.404. The number of hydrogen-bond acceptors (Lipinski definition) is 4. The van der Waals surface area contributed by atoms with Crippen LogP contribution in [0, 0.1) is 0 Å². The van der Waals surface area contributed by atoms with Crippen molar-refractivity contribution in [1.29, 1.82) is 0 Å². The number of aromatic nitrogens is 1. The molecular weight excluding hydrogens is 242 g/mol. The van der Waals surface area contributed by atoms with Crippen LogP contribution in [0.15, 0.2) is 27.4 Å². The van der Waals surface area contributed by atoms with Crippen LogP contribution in [0.3, 0.4) is 0 Å². The molecule has 5 nitrogen and oxygen atoms in total. The van der Waals surface area contributed by atoms with Gasteiger partial charge in [0.05, 0.1) is 5.52 Å². The molecule has 2 aromatic rings. The number of nitrogens with zero attached hydrogens (tertiary/aromatic N) is 1. The molecule has 1 unspecified atom stereocenters. The first kappa shape index (κ1) is 12.3. The highest BCUT2D eigenvalue weighted by Crippen LogP contribution is 2.27. The van der Waals surface area contributed by atoms with Crippen molar-refractivity contribution in [3.63, 3.8) is 0 Å². The molecule has 1 aromatic carbocycles. The molecule has 5 heteroatoms. The van der Waals surface area contributed by atoms with E-state index in [1.54, 1.807) is 0 Å². The molecule has 1 atom stereocenters. The van der Waals surface area contributed by atoms with Crippen LogP contribution in [0.4, 0.5) is 5.69 Å². The number of oxazole rings is 1. The van der Waals surface area contributed by atoms with E-state index in [4.69, 9.17) is 4.42 Å². The van der Waals surface area contributed by atoms with Gasteiger partial charge in [0.2, 0.25) is 0 Å². The summed E-state index contributed by atoms with van der Waals surface area (Å²) in [6.45, 7) is 5.42. The summed E-state index contributed by atoms with van der Waals surface area (Å²) in [4.78, 5) is 16.1. The number of likely N-dealkylation sites (N-methyl/N-ethyl adjacent to an activating group) is 1. The normalized spacial score (nSPS) is 21.9. The third-order valence-corrected chi connectivity index (χ3v) is 3.92. The van der Waals surface area contributed by atoms with E-state index >= 15 is 0 Å². The fourth-order valence-corrected chi connectivity index (χ4v) is 2.77. The molecule has 2 heterocycles. The van der Waals surface area contributed by atoms with E-state index in [0.29, 0.717) is 11.6 Å². The Hall–Kier alpha value is -1.75. The Labute approximate surface area is 111 Å². The van der Waals surface area contributed by atoms with E-state index in [1.807, 2.05) is 18.2 Å². The zero-order chi connectivity index (χ0) is 13.6. The quantitative estimate of drug-likeness (QED) is 0.863. The van der Waals surface area contributed by atoms with Crippen molar-refractivity contribution >= 4 is 16.8 Å². The second-order valence-electron chi connectivity index (χ2n) is 5.93. The standard InChI is InChI=1S/C14H19N3O2/c1-14(2)7-10(8-15-14)17(3)9-4-5-12-11(6-9)16-13(18)19-12/h4-6,10,15H,7-8H2,1-3H3,(H,16,18). The second-order valence-corrected chi connectivity index (χ2v) is 5.93. The monoisotopic (exact) mass is 261 g/mol. The topological polar surface area (TPSA) is 61.3 Å². The van der Waals surface area contributed by atoms with Crippen LogP contribution in [-0.2, 0) is 0 Å². The summed E-state index contributed by atoms with van der Waals surface area (Å²) in [7, 11) is 2.09. The Bertz CT molecular complexity index is 656. The molecule has 0 bridgehead atoms.